The van der Waals surface area contributed by atoms with Crippen molar-refractivity contribution >= 4 is 40.5 Å². The largest absolute Gasteiger partial charge is 0.325 e. The molecule has 4 N–H and O–H groups in total. The van der Waals surface area contributed by atoms with Crippen LogP contribution in [0.5, 0.6) is 0 Å². The number of thioether (sulfide) groups is 1. The maximum atomic E-state index is 13.6. The first-order chi connectivity index (χ1) is 14.0. The normalized spacial score (nSPS) is 10.2. The number of aromatic nitrogens is 1. The van der Waals surface area contributed by atoms with Crippen LogP contribution in [0.15, 0.2) is 40.7 Å². The Hall–Kier alpha value is -3.40. The first-order valence-corrected chi connectivity index (χ1v) is 10.2. The Kier molecular flexibility index (Phi) is 6.13. The van der Waals surface area contributed by atoms with E-state index in [2.05, 4.69) is 16.4 Å². The van der Waals surface area contributed by atoms with E-state index in [1.54, 1.807) is 19.1 Å². The van der Waals surface area contributed by atoms with Gasteiger partial charge in [-0.3, -0.25) is 10.5 Å². The number of H-pyrrole nitrogens is 1. The van der Waals surface area contributed by atoms with E-state index in [4.69, 9.17) is 5.73 Å². The Morgan fingerprint density at radius 2 is 2.03 bits per heavy atom. The summed E-state index contributed by atoms with van der Waals surface area (Å²) in [5.41, 5.74) is 7.61. The molecule has 29 heavy (non-hydrogen) atoms. The van der Waals surface area contributed by atoms with Crippen molar-refractivity contribution in [2.45, 2.75) is 11.9 Å². The summed E-state index contributed by atoms with van der Waals surface area (Å²) in [6, 6.07) is 12.2. The molecule has 0 atom stereocenters. The number of nitrogens with zero attached hydrogens (tertiary/aromatic N) is 2. The van der Waals surface area contributed by atoms with Crippen molar-refractivity contribution in [1.29, 1.82) is 10.5 Å². The van der Waals surface area contributed by atoms with Gasteiger partial charge in [0.1, 0.15) is 23.5 Å². The van der Waals surface area contributed by atoms with Crippen molar-refractivity contribution in [3.8, 4) is 22.6 Å². The van der Waals surface area contributed by atoms with Gasteiger partial charge >= 0.3 is 0 Å². The molecule has 2 heterocycles. The average Bonchev–Trinajstić information content (AvgIpc) is 3.23. The lowest BCUT2D eigenvalue weighted by atomic mass is 10.0. The monoisotopic (exact) mass is 424 g/mol. The molecule has 0 aliphatic carbocycles. The Balaban J connectivity index is 1.88. The van der Waals surface area contributed by atoms with E-state index < -0.39 is 5.82 Å². The van der Waals surface area contributed by atoms with Gasteiger partial charge in [-0.05, 0) is 30.5 Å². The number of halogens is 1. The summed E-state index contributed by atoms with van der Waals surface area (Å²) in [5.74, 6) is -0.674. The van der Waals surface area contributed by atoms with Gasteiger partial charge in [0.2, 0.25) is 5.91 Å². The van der Waals surface area contributed by atoms with Gasteiger partial charge in [0.05, 0.1) is 5.75 Å². The Bertz CT molecular complexity index is 1160. The lowest BCUT2D eigenvalue weighted by Gasteiger charge is -2.10. The fourth-order valence-corrected chi connectivity index (χ4v) is 4.29. The molecule has 0 spiro atoms. The summed E-state index contributed by atoms with van der Waals surface area (Å²) in [5, 5.41) is 24.1. The van der Waals surface area contributed by atoms with Gasteiger partial charge in [0.15, 0.2) is 10.6 Å². The topological polar surface area (TPSA) is 117 Å². The zero-order chi connectivity index (χ0) is 21.0. The Labute approximate surface area is 174 Å². The van der Waals surface area contributed by atoms with E-state index in [1.807, 2.05) is 17.5 Å². The van der Waals surface area contributed by atoms with Crippen LogP contribution in [-0.4, -0.2) is 11.7 Å². The van der Waals surface area contributed by atoms with Crippen LogP contribution in [0.3, 0.4) is 0 Å². The molecule has 0 saturated carbocycles. The third-order valence-corrected chi connectivity index (χ3v) is 6.01. The number of benzene rings is 1. The second-order valence-electron chi connectivity index (χ2n) is 5.94. The van der Waals surface area contributed by atoms with Crippen LogP contribution >= 0.6 is 23.1 Å². The number of carbonyl (C=O) groups excluding carboxylic acids is 1. The highest BCUT2D eigenvalue weighted by molar-refractivity contribution is 7.99. The summed E-state index contributed by atoms with van der Waals surface area (Å²) < 4.78 is 13.6. The number of thiophene rings is 1. The highest BCUT2D eigenvalue weighted by atomic mass is 32.2. The number of nitrogens with two attached hydrogens (primary N) is 1. The highest BCUT2D eigenvalue weighted by Gasteiger charge is 2.24. The summed E-state index contributed by atoms with van der Waals surface area (Å²) in [7, 11) is 0. The number of hydrogen-bond donors (Lipinski definition) is 2. The molecule has 0 bridgehead atoms. The van der Waals surface area contributed by atoms with Crippen LogP contribution in [0.2, 0.25) is 0 Å². The number of amides is 1. The number of nitrogen functional groups attached to an aromatic ring is 1. The van der Waals surface area contributed by atoms with Crippen LogP contribution in [0.25, 0.3) is 10.4 Å². The molecule has 9 heteroatoms. The van der Waals surface area contributed by atoms with Crippen molar-refractivity contribution < 1.29 is 14.2 Å². The number of nitriles is 2. The van der Waals surface area contributed by atoms with Crippen molar-refractivity contribution in [2.75, 3.05) is 16.8 Å². The Morgan fingerprint density at radius 1 is 1.28 bits per heavy atom. The van der Waals surface area contributed by atoms with Crippen molar-refractivity contribution in [3.63, 3.8) is 0 Å². The van der Waals surface area contributed by atoms with E-state index in [-0.39, 0.29) is 28.6 Å². The standard InChI is InChI=1S/C20H14FN5OS2/c1-11-14(21)4-2-5-15(11)25-17(27)10-29-20-13(9-23)18(16-6-3-7-28-16)12(8-22)19(24)26-20/h2-7H,10H2,1H3,(H2,24,26)(H,25,27)/p+1. The van der Waals surface area contributed by atoms with Gasteiger partial charge in [-0.2, -0.15) is 10.5 Å². The first-order valence-electron chi connectivity index (χ1n) is 8.36. The molecular weight excluding hydrogens is 409 g/mol. The molecule has 0 aliphatic rings. The van der Waals surface area contributed by atoms with E-state index in [9.17, 15) is 19.7 Å². The summed E-state index contributed by atoms with van der Waals surface area (Å²) in [4.78, 5) is 15.9. The van der Waals surface area contributed by atoms with Crippen LogP contribution < -0.4 is 16.0 Å². The van der Waals surface area contributed by atoms with Crippen LogP contribution in [-0.2, 0) is 4.79 Å². The van der Waals surface area contributed by atoms with E-state index in [0.29, 0.717) is 21.8 Å². The minimum atomic E-state index is -0.406. The zero-order valence-corrected chi connectivity index (χ0v) is 16.9. The number of aromatic amines is 1. The number of pyridine rings is 1. The molecule has 1 aromatic carbocycles. The van der Waals surface area contributed by atoms with Gasteiger partial charge in [0.25, 0.3) is 5.82 Å². The summed E-state index contributed by atoms with van der Waals surface area (Å²) in [6.45, 7) is 1.58. The number of carbonyl (C=O) groups is 1. The second-order valence-corrected chi connectivity index (χ2v) is 7.88. The zero-order valence-electron chi connectivity index (χ0n) is 15.2. The van der Waals surface area contributed by atoms with E-state index >= 15 is 0 Å². The van der Waals surface area contributed by atoms with Crippen LogP contribution in [0.1, 0.15) is 16.7 Å². The average molecular weight is 425 g/mol. The molecule has 1 amide bonds. The van der Waals surface area contributed by atoms with Crippen LogP contribution in [0, 0.1) is 35.4 Å². The fraction of sp³-hybridized carbons (Fsp3) is 0.100. The maximum Gasteiger partial charge on any atom is 0.289 e. The maximum absolute atomic E-state index is 13.6. The molecule has 0 aliphatic heterocycles. The molecule has 0 unspecified atom stereocenters. The fourth-order valence-electron chi connectivity index (χ4n) is 2.69. The third-order valence-electron chi connectivity index (χ3n) is 4.13. The van der Waals surface area contributed by atoms with Crippen molar-refractivity contribution in [2.24, 2.45) is 0 Å². The van der Waals surface area contributed by atoms with Gasteiger partial charge in [-0.1, -0.05) is 23.9 Å². The SMILES string of the molecule is Cc1c(F)cccc1NC(=O)CSc1[nH+]c(N)c(C#N)c(-c2cccs2)c1C#N. The molecule has 0 radical (unpaired) electrons. The highest BCUT2D eigenvalue weighted by Crippen LogP contribution is 2.36. The number of nitrogens with one attached hydrogen (secondary N) is 2. The predicted molar refractivity (Wildman–Crippen MR) is 111 cm³/mol. The van der Waals surface area contributed by atoms with Crippen molar-refractivity contribution in [1.82, 2.24) is 0 Å². The molecule has 6 nitrogen and oxygen atoms in total. The first kappa shape index (κ1) is 20.3. The smallest absolute Gasteiger partial charge is 0.289 e. The second kappa shape index (κ2) is 8.74. The van der Waals surface area contributed by atoms with E-state index in [0.717, 1.165) is 16.6 Å². The minimum Gasteiger partial charge on any atom is -0.325 e. The van der Waals surface area contributed by atoms with E-state index in [1.165, 1.54) is 23.5 Å². The molecule has 0 fully saturated rings. The third kappa shape index (κ3) is 4.21. The van der Waals surface area contributed by atoms with Gasteiger partial charge < -0.3 is 5.32 Å². The molecular formula is C20H15FN5OS2+. The van der Waals surface area contributed by atoms with Gasteiger partial charge in [-0.15, -0.1) is 11.3 Å². The number of anilines is 2. The molecule has 3 rings (SSSR count). The molecule has 3 aromatic rings. The molecule has 144 valence electrons. The summed E-state index contributed by atoms with van der Waals surface area (Å²) >= 11 is 2.47. The number of hydrogen-bond acceptors (Lipinski definition) is 6. The minimum absolute atomic E-state index is 0.0314. The van der Waals surface area contributed by atoms with Crippen molar-refractivity contribution in [3.05, 3.63) is 58.2 Å². The van der Waals surface area contributed by atoms with Gasteiger partial charge in [0, 0.05) is 21.7 Å². The number of rotatable bonds is 5. The predicted octanol–water partition coefficient (Wildman–Crippen LogP) is 3.73. The lowest BCUT2D eigenvalue weighted by Crippen LogP contribution is -2.21. The quantitative estimate of drug-likeness (QED) is 0.605. The summed E-state index contributed by atoms with van der Waals surface area (Å²) in [6.07, 6.45) is 0. The Morgan fingerprint density at radius 3 is 2.69 bits per heavy atom. The lowest BCUT2D eigenvalue weighted by molar-refractivity contribution is -0.410. The molecule has 2 aromatic heterocycles. The molecule has 0 saturated heterocycles. The van der Waals surface area contributed by atoms with Crippen LogP contribution in [0.4, 0.5) is 15.9 Å². The van der Waals surface area contributed by atoms with Gasteiger partial charge in [-0.25, -0.2) is 9.37 Å².